The Balaban J connectivity index is 4.54. The van der Waals surface area contributed by atoms with Gasteiger partial charge in [-0.05, 0) is 41.5 Å². The van der Waals surface area contributed by atoms with E-state index in [1.165, 1.54) is 19.9 Å². The Kier molecular flexibility index (Phi) is 4.72. The summed E-state index contributed by atoms with van der Waals surface area (Å²) >= 11 is 0. The third-order valence-corrected chi connectivity index (χ3v) is 1.55. The SMILES string of the molecule is CC=CC(=O)OC(C)(C)C(=O)OC(C)(C)C. The Morgan fingerprint density at radius 1 is 1.00 bits per heavy atom. The summed E-state index contributed by atoms with van der Waals surface area (Å²) in [7, 11) is 0. The van der Waals surface area contributed by atoms with E-state index in [0.717, 1.165) is 0 Å². The maximum atomic E-state index is 11.7. The van der Waals surface area contributed by atoms with Gasteiger partial charge in [-0.15, -0.1) is 0 Å². The predicted molar refractivity (Wildman–Crippen MR) is 60.8 cm³/mol. The van der Waals surface area contributed by atoms with Crippen molar-refractivity contribution in [2.45, 2.75) is 52.7 Å². The van der Waals surface area contributed by atoms with Crippen LogP contribution in [0.5, 0.6) is 0 Å². The van der Waals surface area contributed by atoms with Crippen LogP contribution in [0.25, 0.3) is 0 Å². The molecule has 0 fully saturated rings. The average molecular weight is 228 g/mol. The smallest absolute Gasteiger partial charge is 0.350 e. The van der Waals surface area contributed by atoms with Gasteiger partial charge in [-0.3, -0.25) is 0 Å². The Morgan fingerprint density at radius 2 is 1.50 bits per heavy atom. The van der Waals surface area contributed by atoms with Crippen LogP contribution >= 0.6 is 0 Å². The lowest BCUT2D eigenvalue weighted by Crippen LogP contribution is -2.42. The summed E-state index contributed by atoms with van der Waals surface area (Å²) < 4.78 is 10.1. The molecule has 0 bridgehead atoms. The summed E-state index contributed by atoms with van der Waals surface area (Å²) in [6, 6.07) is 0. The zero-order valence-corrected chi connectivity index (χ0v) is 10.8. The topological polar surface area (TPSA) is 52.6 Å². The molecule has 0 amide bonds. The lowest BCUT2D eigenvalue weighted by Gasteiger charge is -2.27. The van der Waals surface area contributed by atoms with Gasteiger partial charge >= 0.3 is 11.9 Å². The first kappa shape index (κ1) is 14.7. The highest BCUT2D eigenvalue weighted by Crippen LogP contribution is 2.17. The second kappa shape index (κ2) is 5.14. The normalized spacial score (nSPS) is 12.6. The van der Waals surface area contributed by atoms with Crippen LogP contribution in [0.15, 0.2) is 12.2 Å². The number of allylic oxidation sites excluding steroid dienone is 1. The summed E-state index contributed by atoms with van der Waals surface area (Å²) in [6.45, 7) is 9.98. The van der Waals surface area contributed by atoms with Crippen LogP contribution in [0.3, 0.4) is 0 Å². The van der Waals surface area contributed by atoms with Crippen molar-refractivity contribution < 1.29 is 19.1 Å². The molecule has 0 radical (unpaired) electrons. The fourth-order valence-corrected chi connectivity index (χ4v) is 0.864. The average Bonchev–Trinajstić information content (AvgIpc) is 1.99. The minimum atomic E-state index is -1.27. The monoisotopic (exact) mass is 228 g/mol. The fraction of sp³-hybridized carbons (Fsp3) is 0.667. The predicted octanol–water partition coefficient (Wildman–Crippen LogP) is 2.23. The highest BCUT2D eigenvalue weighted by Gasteiger charge is 2.35. The van der Waals surface area contributed by atoms with E-state index in [-0.39, 0.29) is 0 Å². The number of hydrogen-bond donors (Lipinski definition) is 0. The van der Waals surface area contributed by atoms with Crippen molar-refractivity contribution in [2.24, 2.45) is 0 Å². The molecule has 0 aromatic heterocycles. The van der Waals surface area contributed by atoms with E-state index >= 15 is 0 Å². The minimum absolute atomic E-state index is 0.557. The molecule has 0 aliphatic rings. The molecular weight excluding hydrogens is 208 g/mol. The molecule has 4 heteroatoms. The molecular formula is C12H20O4. The van der Waals surface area contributed by atoms with E-state index in [2.05, 4.69) is 0 Å². The van der Waals surface area contributed by atoms with Crippen LogP contribution < -0.4 is 0 Å². The van der Waals surface area contributed by atoms with Crippen LogP contribution in [0.4, 0.5) is 0 Å². The van der Waals surface area contributed by atoms with Crippen molar-refractivity contribution in [3.05, 3.63) is 12.2 Å². The molecule has 0 aliphatic heterocycles. The Morgan fingerprint density at radius 3 is 1.88 bits per heavy atom. The molecule has 0 saturated carbocycles. The third-order valence-electron chi connectivity index (χ3n) is 1.55. The van der Waals surface area contributed by atoms with Crippen LogP contribution in [0.1, 0.15) is 41.5 Å². The maximum Gasteiger partial charge on any atom is 0.350 e. The van der Waals surface area contributed by atoms with Crippen molar-refractivity contribution >= 4 is 11.9 Å². The van der Waals surface area contributed by atoms with Crippen LogP contribution in [0.2, 0.25) is 0 Å². The van der Waals surface area contributed by atoms with Crippen molar-refractivity contribution in [3.8, 4) is 0 Å². The number of rotatable bonds is 3. The van der Waals surface area contributed by atoms with E-state index in [0.29, 0.717) is 0 Å². The first-order valence-corrected chi connectivity index (χ1v) is 5.17. The van der Waals surface area contributed by atoms with Crippen molar-refractivity contribution in [1.29, 1.82) is 0 Å². The van der Waals surface area contributed by atoms with E-state index in [9.17, 15) is 9.59 Å². The molecule has 0 aliphatic carbocycles. The molecule has 0 saturated heterocycles. The molecule has 0 spiro atoms. The van der Waals surface area contributed by atoms with Gasteiger partial charge in [0.15, 0.2) is 0 Å². The summed E-state index contributed by atoms with van der Waals surface area (Å²) in [4.78, 5) is 22.9. The van der Waals surface area contributed by atoms with E-state index in [1.54, 1.807) is 33.8 Å². The third kappa shape index (κ3) is 5.53. The standard InChI is InChI=1S/C12H20O4/c1-7-8-9(13)15-12(5,6)10(14)16-11(2,3)4/h7-8H,1-6H3. The first-order chi connectivity index (χ1) is 7.08. The molecule has 0 atom stereocenters. The van der Waals surface area contributed by atoms with Crippen molar-refractivity contribution in [2.75, 3.05) is 0 Å². The number of carbonyl (C=O) groups is 2. The fourth-order valence-electron chi connectivity index (χ4n) is 0.864. The second-order valence-electron chi connectivity index (χ2n) is 4.93. The van der Waals surface area contributed by atoms with Gasteiger partial charge in [0, 0.05) is 6.08 Å². The summed E-state index contributed by atoms with van der Waals surface area (Å²) in [5, 5.41) is 0. The van der Waals surface area contributed by atoms with Gasteiger partial charge in [0.05, 0.1) is 0 Å². The number of ether oxygens (including phenoxy) is 2. The molecule has 0 unspecified atom stereocenters. The Hall–Kier alpha value is -1.32. The van der Waals surface area contributed by atoms with E-state index in [4.69, 9.17) is 9.47 Å². The zero-order valence-electron chi connectivity index (χ0n) is 10.8. The van der Waals surface area contributed by atoms with Crippen molar-refractivity contribution in [1.82, 2.24) is 0 Å². The van der Waals surface area contributed by atoms with Crippen LogP contribution in [-0.2, 0) is 19.1 Å². The Labute approximate surface area is 96.6 Å². The van der Waals surface area contributed by atoms with Gasteiger partial charge in [-0.25, -0.2) is 9.59 Å². The lowest BCUT2D eigenvalue weighted by atomic mass is 10.1. The number of carbonyl (C=O) groups excluding carboxylic acids is 2. The lowest BCUT2D eigenvalue weighted by molar-refractivity contribution is -0.184. The van der Waals surface area contributed by atoms with E-state index in [1.807, 2.05) is 0 Å². The summed E-state index contributed by atoms with van der Waals surface area (Å²) in [5.74, 6) is -1.11. The minimum Gasteiger partial charge on any atom is -0.457 e. The van der Waals surface area contributed by atoms with E-state index < -0.39 is 23.1 Å². The van der Waals surface area contributed by atoms with Gasteiger partial charge in [-0.2, -0.15) is 0 Å². The highest BCUT2D eigenvalue weighted by atomic mass is 16.6. The van der Waals surface area contributed by atoms with Crippen molar-refractivity contribution in [3.63, 3.8) is 0 Å². The molecule has 0 aromatic rings. The molecule has 4 nitrogen and oxygen atoms in total. The molecule has 0 N–H and O–H groups in total. The Bertz CT molecular complexity index is 295. The summed E-state index contributed by atoms with van der Waals surface area (Å²) in [5.41, 5.74) is -1.87. The molecule has 16 heavy (non-hydrogen) atoms. The highest BCUT2D eigenvalue weighted by molar-refractivity contribution is 5.87. The molecule has 92 valence electrons. The van der Waals surface area contributed by atoms with Gasteiger partial charge in [0.25, 0.3) is 0 Å². The largest absolute Gasteiger partial charge is 0.457 e. The van der Waals surface area contributed by atoms with Gasteiger partial charge in [0.1, 0.15) is 5.60 Å². The van der Waals surface area contributed by atoms with Gasteiger partial charge < -0.3 is 9.47 Å². The molecule has 0 aromatic carbocycles. The maximum absolute atomic E-state index is 11.7. The van der Waals surface area contributed by atoms with Gasteiger partial charge in [0.2, 0.25) is 5.60 Å². The van der Waals surface area contributed by atoms with Gasteiger partial charge in [-0.1, -0.05) is 6.08 Å². The quantitative estimate of drug-likeness (QED) is 0.549. The first-order valence-electron chi connectivity index (χ1n) is 5.17. The molecule has 0 heterocycles. The number of hydrogen-bond acceptors (Lipinski definition) is 4. The second-order valence-corrected chi connectivity index (χ2v) is 4.93. The zero-order chi connectivity index (χ0) is 13.0. The summed E-state index contributed by atoms with van der Waals surface area (Å²) in [6.07, 6.45) is 2.81. The molecule has 0 rings (SSSR count). The van der Waals surface area contributed by atoms with Crippen LogP contribution in [0, 0.1) is 0 Å². The van der Waals surface area contributed by atoms with Crippen LogP contribution in [-0.4, -0.2) is 23.1 Å². The number of esters is 2.